The summed E-state index contributed by atoms with van der Waals surface area (Å²) in [6.07, 6.45) is 3.46. The van der Waals surface area contributed by atoms with E-state index in [1.807, 2.05) is 25.5 Å². The lowest BCUT2D eigenvalue weighted by Crippen LogP contribution is -2.16. The maximum Gasteiger partial charge on any atom is 0.163 e. The van der Waals surface area contributed by atoms with Gasteiger partial charge in [-0.2, -0.15) is 0 Å². The molecular weight excluding hydrogens is 320 g/mol. The molecule has 2 heterocycles. The quantitative estimate of drug-likeness (QED) is 0.834. The van der Waals surface area contributed by atoms with Crippen LogP contribution >= 0.6 is 11.3 Å². The Morgan fingerprint density at radius 3 is 2.50 bits per heavy atom. The maximum absolute atomic E-state index is 12.4. The third-order valence-corrected chi connectivity index (χ3v) is 6.51. The highest BCUT2D eigenvalue weighted by molar-refractivity contribution is 7.89. The van der Waals surface area contributed by atoms with Crippen LogP contribution in [0.25, 0.3) is 0 Å². The molecule has 0 radical (unpaired) electrons. The van der Waals surface area contributed by atoms with Crippen LogP contribution in [0.1, 0.15) is 52.4 Å². The van der Waals surface area contributed by atoms with Crippen molar-refractivity contribution in [1.29, 1.82) is 0 Å². The van der Waals surface area contributed by atoms with Crippen molar-refractivity contribution in [3.8, 4) is 0 Å². The van der Waals surface area contributed by atoms with Gasteiger partial charge in [0.1, 0.15) is 17.4 Å². The van der Waals surface area contributed by atoms with Crippen LogP contribution in [-0.4, -0.2) is 28.2 Å². The van der Waals surface area contributed by atoms with Gasteiger partial charge < -0.3 is 4.57 Å². The van der Waals surface area contributed by atoms with Crippen molar-refractivity contribution in [3.63, 3.8) is 0 Å². The van der Waals surface area contributed by atoms with Gasteiger partial charge in [-0.1, -0.05) is 6.42 Å². The fraction of sp³-hybridized carbons (Fsp3) is 0.643. The number of rotatable bonds is 5. The molecule has 0 unspecified atom stereocenters. The minimum atomic E-state index is -3.30. The van der Waals surface area contributed by atoms with Crippen molar-refractivity contribution in [1.82, 2.24) is 19.7 Å². The summed E-state index contributed by atoms with van der Waals surface area (Å²) < 4.78 is 26.7. The SMILES string of the molecule is Cc1nc(CS(=O)(=O)Cc2nnc(C3CCC3)n2C)c(C)s1. The number of hydrogen-bond donors (Lipinski definition) is 0. The van der Waals surface area contributed by atoms with Crippen molar-refractivity contribution in [3.05, 3.63) is 27.2 Å². The average Bonchev–Trinajstić information content (AvgIpc) is 2.83. The molecule has 0 saturated heterocycles. The summed E-state index contributed by atoms with van der Waals surface area (Å²) in [5.41, 5.74) is 0.656. The topological polar surface area (TPSA) is 77.7 Å². The van der Waals surface area contributed by atoms with Gasteiger partial charge in [0.2, 0.25) is 0 Å². The van der Waals surface area contributed by atoms with Gasteiger partial charge in [0.25, 0.3) is 0 Å². The molecule has 1 aliphatic carbocycles. The zero-order valence-corrected chi connectivity index (χ0v) is 14.7. The minimum absolute atomic E-state index is 0.0329. The Morgan fingerprint density at radius 2 is 1.95 bits per heavy atom. The van der Waals surface area contributed by atoms with Crippen molar-refractivity contribution >= 4 is 21.2 Å². The lowest BCUT2D eigenvalue weighted by atomic mass is 9.85. The van der Waals surface area contributed by atoms with Gasteiger partial charge in [-0.25, -0.2) is 13.4 Å². The predicted molar refractivity (Wildman–Crippen MR) is 85.5 cm³/mol. The number of thiazole rings is 1. The first kappa shape index (κ1) is 15.6. The molecule has 2 aromatic heterocycles. The third-order valence-electron chi connectivity index (χ3n) is 4.17. The second-order valence-corrected chi connectivity index (χ2v) is 9.40. The van der Waals surface area contributed by atoms with E-state index in [1.54, 1.807) is 0 Å². The van der Waals surface area contributed by atoms with Crippen molar-refractivity contribution in [2.24, 2.45) is 7.05 Å². The van der Waals surface area contributed by atoms with E-state index in [0.717, 1.165) is 28.6 Å². The van der Waals surface area contributed by atoms with E-state index < -0.39 is 9.84 Å². The van der Waals surface area contributed by atoms with Gasteiger partial charge in [0.15, 0.2) is 9.84 Å². The van der Waals surface area contributed by atoms with Gasteiger partial charge in [0, 0.05) is 17.8 Å². The highest BCUT2D eigenvalue weighted by Gasteiger charge is 2.27. The van der Waals surface area contributed by atoms with Crippen LogP contribution in [0.5, 0.6) is 0 Å². The van der Waals surface area contributed by atoms with Crippen LogP contribution in [0.4, 0.5) is 0 Å². The molecule has 1 aliphatic rings. The van der Waals surface area contributed by atoms with E-state index in [2.05, 4.69) is 15.2 Å². The van der Waals surface area contributed by atoms with Gasteiger partial charge in [0.05, 0.1) is 16.5 Å². The van der Waals surface area contributed by atoms with Crippen LogP contribution in [-0.2, 0) is 28.4 Å². The number of aromatic nitrogens is 4. The molecule has 22 heavy (non-hydrogen) atoms. The van der Waals surface area contributed by atoms with Crippen molar-refractivity contribution < 1.29 is 8.42 Å². The molecule has 0 aliphatic heterocycles. The summed E-state index contributed by atoms with van der Waals surface area (Å²) >= 11 is 1.53. The number of aryl methyl sites for hydroxylation is 2. The van der Waals surface area contributed by atoms with Crippen LogP contribution in [0.2, 0.25) is 0 Å². The van der Waals surface area contributed by atoms with Crippen LogP contribution in [0, 0.1) is 13.8 Å². The molecule has 8 heteroatoms. The van der Waals surface area contributed by atoms with Gasteiger partial charge in [-0.3, -0.25) is 0 Å². The summed E-state index contributed by atoms with van der Waals surface area (Å²) in [5, 5.41) is 9.17. The molecule has 0 bridgehead atoms. The van der Waals surface area contributed by atoms with Crippen LogP contribution in [0.15, 0.2) is 0 Å². The first-order valence-electron chi connectivity index (χ1n) is 7.37. The molecule has 0 atom stereocenters. The van der Waals surface area contributed by atoms with Crippen LogP contribution in [0.3, 0.4) is 0 Å². The van der Waals surface area contributed by atoms with Gasteiger partial charge in [-0.05, 0) is 26.7 Å². The average molecular weight is 340 g/mol. The van der Waals surface area contributed by atoms with Gasteiger partial charge >= 0.3 is 0 Å². The van der Waals surface area contributed by atoms with Crippen molar-refractivity contribution in [2.45, 2.75) is 50.5 Å². The summed E-state index contributed by atoms with van der Waals surface area (Å²) in [5.74, 6) is 1.76. The Hall–Kier alpha value is -1.28. The third kappa shape index (κ3) is 3.08. The summed E-state index contributed by atoms with van der Waals surface area (Å²) in [6, 6.07) is 0. The Balaban J connectivity index is 1.77. The largest absolute Gasteiger partial charge is 0.317 e. The second kappa shape index (κ2) is 5.73. The Morgan fingerprint density at radius 1 is 1.23 bits per heavy atom. The lowest BCUT2D eigenvalue weighted by Gasteiger charge is -2.24. The first-order valence-corrected chi connectivity index (χ1v) is 10.0. The Labute approximate surface area is 134 Å². The molecule has 0 amide bonds. The van der Waals surface area contributed by atoms with E-state index in [4.69, 9.17) is 0 Å². The molecule has 3 rings (SSSR count). The minimum Gasteiger partial charge on any atom is -0.317 e. The zero-order chi connectivity index (χ0) is 15.9. The number of hydrogen-bond acceptors (Lipinski definition) is 6. The Kier molecular flexibility index (Phi) is 4.07. The maximum atomic E-state index is 12.4. The predicted octanol–water partition coefficient (Wildman–Crippen LogP) is 2.27. The number of nitrogens with zero attached hydrogens (tertiary/aromatic N) is 4. The molecule has 0 N–H and O–H groups in total. The molecule has 1 fully saturated rings. The monoisotopic (exact) mass is 340 g/mol. The van der Waals surface area contributed by atoms with E-state index in [1.165, 1.54) is 17.8 Å². The lowest BCUT2D eigenvalue weighted by molar-refractivity contribution is 0.391. The second-order valence-electron chi connectivity index (χ2n) is 5.93. The standard InChI is InChI=1S/C14H20N4O2S2/c1-9-12(15-10(2)21-9)7-22(19,20)8-13-16-17-14(18(13)3)11-5-4-6-11/h11H,4-8H2,1-3H3. The van der Waals surface area contributed by atoms with Gasteiger partial charge in [-0.15, -0.1) is 21.5 Å². The van der Waals surface area contributed by atoms with E-state index >= 15 is 0 Å². The summed E-state index contributed by atoms with van der Waals surface area (Å²) in [7, 11) is -1.44. The highest BCUT2D eigenvalue weighted by Crippen LogP contribution is 2.35. The molecule has 0 aromatic carbocycles. The molecule has 1 saturated carbocycles. The molecular formula is C14H20N4O2S2. The molecule has 0 spiro atoms. The normalized spacial score (nSPS) is 16.0. The van der Waals surface area contributed by atoms with Crippen molar-refractivity contribution in [2.75, 3.05) is 0 Å². The van der Waals surface area contributed by atoms with Crippen LogP contribution < -0.4 is 0 Å². The summed E-state index contributed by atoms with van der Waals surface area (Å²) in [4.78, 5) is 5.28. The molecule has 2 aromatic rings. The molecule has 120 valence electrons. The fourth-order valence-electron chi connectivity index (χ4n) is 2.68. The zero-order valence-electron chi connectivity index (χ0n) is 13.0. The summed E-state index contributed by atoms with van der Waals surface area (Å²) in [6.45, 7) is 3.80. The first-order chi connectivity index (χ1) is 10.4. The highest BCUT2D eigenvalue weighted by atomic mass is 32.2. The fourth-order valence-corrected chi connectivity index (χ4v) is 5.06. The Bertz CT molecular complexity index is 788. The van der Waals surface area contributed by atoms with E-state index in [0.29, 0.717) is 17.4 Å². The smallest absolute Gasteiger partial charge is 0.163 e. The molecule has 6 nitrogen and oxygen atoms in total. The van der Waals surface area contributed by atoms with E-state index in [9.17, 15) is 8.42 Å². The number of sulfone groups is 1. The van der Waals surface area contributed by atoms with E-state index in [-0.39, 0.29) is 11.5 Å².